The van der Waals surface area contributed by atoms with Gasteiger partial charge in [-0.05, 0) is 49.9 Å². The molecule has 1 aliphatic heterocycles. The Balaban J connectivity index is 1.45. The van der Waals surface area contributed by atoms with Crippen molar-refractivity contribution in [3.8, 4) is 12.1 Å². The third-order valence-corrected chi connectivity index (χ3v) is 8.40. The van der Waals surface area contributed by atoms with Crippen LogP contribution in [0.2, 0.25) is 0 Å². The predicted octanol–water partition coefficient (Wildman–Crippen LogP) is 6.50. The molecule has 228 valence electrons. The minimum Gasteiger partial charge on any atom is -0.377 e. The summed E-state index contributed by atoms with van der Waals surface area (Å²) in [4.78, 5) is 8.44. The Morgan fingerprint density at radius 1 is 1.04 bits per heavy atom. The summed E-state index contributed by atoms with van der Waals surface area (Å²) in [5.74, 6) is -0.648. The number of hydrazine groups is 2. The molecule has 4 N–H and O–H groups in total. The van der Waals surface area contributed by atoms with Crippen molar-refractivity contribution in [2.75, 3.05) is 10.6 Å². The third kappa shape index (κ3) is 5.56. The van der Waals surface area contributed by atoms with Crippen LogP contribution in [0.15, 0.2) is 72.7 Å². The molecule has 3 heterocycles. The van der Waals surface area contributed by atoms with E-state index in [1.807, 2.05) is 37.3 Å². The highest BCUT2D eigenvalue weighted by molar-refractivity contribution is 5.99. The largest absolute Gasteiger partial charge is 0.377 e. The van der Waals surface area contributed by atoms with E-state index in [1.165, 1.54) is 17.3 Å². The van der Waals surface area contributed by atoms with Crippen LogP contribution in [0.25, 0.3) is 10.9 Å². The van der Waals surface area contributed by atoms with E-state index in [-0.39, 0.29) is 11.6 Å². The van der Waals surface area contributed by atoms with Gasteiger partial charge in [0.1, 0.15) is 17.7 Å². The zero-order chi connectivity index (χ0) is 31.7. The second kappa shape index (κ2) is 12.0. The molecule has 6 rings (SSSR count). The maximum Gasteiger partial charge on any atom is 0.262 e. The van der Waals surface area contributed by atoms with Gasteiger partial charge in [-0.3, -0.25) is 9.99 Å². The molecule has 2 aromatic heterocycles. The molecule has 0 amide bonds. The van der Waals surface area contributed by atoms with E-state index < -0.39 is 24.0 Å². The number of nitrogens with one attached hydrogen (secondary N) is 4. The number of benzene rings is 2. The average Bonchev–Trinajstić information content (AvgIpc) is 3.72. The first-order valence-corrected chi connectivity index (χ1v) is 14.6. The number of nitrogens with zero attached hydrogens (tertiary/aromatic N) is 5. The van der Waals surface area contributed by atoms with E-state index in [2.05, 4.69) is 43.7 Å². The van der Waals surface area contributed by atoms with Crippen molar-refractivity contribution in [3.63, 3.8) is 0 Å². The highest BCUT2D eigenvalue weighted by atomic mass is 19.3. The van der Waals surface area contributed by atoms with Crippen LogP contribution >= 0.6 is 0 Å². The summed E-state index contributed by atoms with van der Waals surface area (Å²) in [5.41, 5.74) is 9.10. The zero-order valence-electron chi connectivity index (χ0n) is 24.6. The standard InChI is InChI=1S/C33H30F3N9/c1-3-26(20-7-5-4-6-8-20)42-30-22(16-38)17-39-29-21(15-37)13-23(14-25(29)30)41-31(24-9-10-28(34)40-19(24)2)27-18-45(44-43-27)33(11-12-33)32(35)36/h4-10,13-14,17-18,26,31-32,41,43-44H,3,11-12H2,1-2H3,(H,39,42)/t26-,31+/m1/s1. The lowest BCUT2D eigenvalue weighted by atomic mass is 9.99. The van der Waals surface area contributed by atoms with Crippen LogP contribution in [-0.4, -0.2) is 26.9 Å². The third-order valence-electron chi connectivity index (χ3n) is 8.40. The maximum atomic E-state index is 14.0. The highest BCUT2D eigenvalue weighted by Gasteiger charge is 2.56. The molecule has 0 saturated heterocycles. The minimum atomic E-state index is -2.56. The number of alkyl halides is 2. The zero-order valence-corrected chi connectivity index (χ0v) is 24.6. The molecule has 1 saturated carbocycles. The van der Waals surface area contributed by atoms with Crippen molar-refractivity contribution in [2.24, 2.45) is 0 Å². The van der Waals surface area contributed by atoms with Crippen LogP contribution in [0, 0.1) is 35.5 Å². The number of hydrogen-bond donors (Lipinski definition) is 4. The fourth-order valence-corrected chi connectivity index (χ4v) is 5.74. The van der Waals surface area contributed by atoms with Crippen molar-refractivity contribution in [1.82, 2.24) is 25.9 Å². The topological polar surface area (TPSA) is 125 Å². The summed E-state index contributed by atoms with van der Waals surface area (Å²) in [6, 6.07) is 19.7. The molecule has 1 fully saturated rings. The smallest absolute Gasteiger partial charge is 0.262 e. The van der Waals surface area contributed by atoms with Gasteiger partial charge >= 0.3 is 0 Å². The van der Waals surface area contributed by atoms with Crippen molar-refractivity contribution in [3.05, 3.63) is 107 Å². The number of hydrogen-bond acceptors (Lipinski definition) is 9. The lowest BCUT2D eigenvalue weighted by Gasteiger charge is -2.25. The molecule has 1 aliphatic carbocycles. The first kappa shape index (κ1) is 29.7. The monoisotopic (exact) mass is 609 g/mol. The first-order valence-electron chi connectivity index (χ1n) is 14.6. The lowest BCUT2D eigenvalue weighted by molar-refractivity contribution is 0.00911. The van der Waals surface area contributed by atoms with E-state index >= 15 is 0 Å². The van der Waals surface area contributed by atoms with Crippen LogP contribution in [0.3, 0.4) is 0 Å². The van der Waals surface area contributed by atoms with E-state index in [0.717, 1.165) is 12.0 Å². The number of aromatic nitrogens is 2. The number of halogens is 3. The van der Waals surface area contributed by atoms with Gasteiger partial charge in [0.15, 0.2) is 0 Å². The van der Waals surface area contributed by atoms with E-state index in [1.54, 1.807) is 31.3 Å². The summed E-state index contributed by atoms with van der Waals surface area (Å²) >= 11 is 0. The molecule has 2 atom stereocenters. The van der Waals surface area contributed by atoms with Gasteiger partial charge in [-0.1, -0.05) is 43.3 Å². The fourth-order valence-electron chi connectivity index (χ4n) is 5.74. The molecule has 0 spiro atoms. The van der Waals surface area contributed by atoms with Gasteiger partial charge in [0.25, 0.3) is 6.43 Å². The number of rotatable bonds is 10. The first-order chi connectivity index (χ1) is 21.8. The van der Waals surface area contributed by atoms with Crippen LogP contribution in [0.5, 0.6) is 0 Å². The van der Waals surface area contributed by atoms with Crippen molar-refractivity contribution in [2.45, 2.75) is 57.2 Å². The fraction of sp³-hybridized carbons (Fsp3) is 0.273. The highest BCUT2D eigenvalue weighted by Crippen LogP contribution is 2.47. The van der Waals surface area contributed by atoms with Gasteiger partial charge in [0, 0.05) is 34.7 Å². The summed E-state index contributed by atoms with van der Waals surface area (Å²) in [5, 5.41) is 29.0. The molecule has 0 bridgehead atoms. The number of pyridine rings is 2. The molecule has 9 nitrogen and oxygen atoms in total. The molecule has 4 aromatic rings. The van der Waals surface area contributed by atoms with E-state index in [0.29, 0.717) is 57.6 Å². The van der Waals surface area contributed by atoms with Crippen LogP contribution in [0.4, 0.5) is 24.5 Å². The number of nitriles is 2. The Morgan fingerprint density at radius 3 is 2.44 bits per heavy atom. The number of anilines is 2. The molecule has 2 aromatic carbocycles. The summed E-state index contributed by atoms with van der Waals surface area (Å²) < 4.78 is 41.9. The van der Waals surface area contributed by atoms with Crippen molar-refractivity contribution in [1.29, 1.82) is 10.5 Å². The van der Waals surface area contributed by atoms with Gasteiger partial charge in [0.05, 0.1) is 40.1 Å². The van der Waals surface area contributed by atoms with Gasteiger partial charge < -0.3 is 16.1 Å². The van der Waals surface area contributed by atoms with Crippen LogP contribution in [0.1, 0.15) is 66.2 Å². The summed E-state index contributed by atoms with van der Waals surface area (Å²) in [6.45, 7) is 3.70. The Kier molecular flexibility index (Phi) is 7.92. The maximum absolute atomic E-state index is 14.0. The number of aryl methyl sites for hydroxylation is 1. The minimum absolute atomic E-state index is 0.124. The normalized spacial score (nSPS) is 16.4. The Labute approximate surface area is 258 Å². The summed E-state index contributed by atoms with van der Waals surface area (Å²) in [7, 11) is 0. The van der Waals surface area contributed by atoms with Crippen molar-refractivity contribution < 1.29 is 13.2 Å². The SMILES string of the molecule is CC[C@@H](Nc1c(C#N)cnc2c(C#N)cc(N[C@H](C3=CN(C4(C(F)F)CC4)NN3)c3ccc(F)nc3C)cc12)c1ccccc1. The van der Waals surface area contributed by atoms with Gasteiger partial charge in [-0.15, -0.1) is 5.53 Å². The second-order valence-corrected chi connectivity index (χ2v) is 11.2. The van der Waals surface area contributed by atoms with E-state index in [4.69, 9.17) is 0 Å². The Hall–Kier alpha value is -5.33. The van der Waals surface area contributed by atoms with E-state index in [9.17, 15) is 23.7 Å². The number of fused-ring (bicyclic) bond motifs is 1. The molecular weight excluding hydrogens is 579 g/mol. The average molecular weight is 610 g/mol. The molecule has 45 heavy (non-hydrogen) atoms. The molecule has 2 aliphatic rings. The van der Waals surface area contributed by atoms with Gasteiger partial charge in [0.2, 0.25) is 5.95 Å². The summed E-state index contributed by atoms with van der Waals surface area (Å²) in [6.07, 6.45) is 1.87. The Morgan fingerprint density at radius 2 is 1.80 bits per heavy atom. The van der Waals surface area contributed by atoms with Gasteiger partial charge in [-0.2, -0.15) is 14.9 Å². The molecular formula is C33H30F3N9. The quantitative estimate of drug-likeness (QED) is 0.149. The molecule has 12 heteroatoms. The second-order valence-electron chi connectivity index (χ2n) is 11.2. The van der Waals surface area contributed by atoms with Gasteiger partial charge in [-0.25, -0.2) is 13.8 Å². The van der Waals surface area contributed by atoms with Crippen LogP contribution < -0.4 is 21.6 Å². The molecule has 0 radical (unpaired) electrons. The van der Waals surface area contributed by atoms with Crippen LogP contribution in [-0.2, 0) is 0 Å². The molecule has 0 unspecified atom stereocenters. The lowest BCUT2D eigenvalue weighted by Crippen LogP contribution is -2.48. The predicted molar refractivity (Wildman–Crippen MR) is 164 cm³/mol. The van der Waals surface area contributed by atoms with Crippen molar-refractivity contribution >= 4 is 22.3 Å². The Bertz CT molecular complexity index is 1860.